The Bertz CT molecular complexity index is 789. The Morgan fingerprint density at radius 1 is 1.08 bits per heavy atom. The number of fused-ring (bicyclic) bond motifs is 1. The van der Waals surface area contributed by atoms with Gasteiger partial charge < -0.3 is 10.6 Å². The number of anilines is 2. The SMILES string of the molecule is CC(=O)Nc1ccc(C)c(NC(=O)CN2C(=O)C3CC=CCC3C2=O)c1. The van der Waals surface area contributed by atoms with Gasteiger partial charge in [-0.25, -0.2) is 0 Å². The van der Waals surface area contributed by atoms with Gasteiger partial charge in [-0.05, 0) is 37.5 Å². The van der Waals surface area contributed by atoms with Crippen molar-refractivity contribution in [1.82, 2.24) is 4.90 Å². The molecule has 2 unspecified atom stereocenters. The number of carbonyl (C=O) groups is 4. The molecule has 2 aliphatic rings. The van der Waals surface area contributed by atoms with Gasteiger partial charge >= 0.3 is 0 Å². The predicted octanol–water partition coefficient (Wildman–Crippen LogP) is 1.84. The second kappa shape index (κ2) is 7.11. The molecule has 26 heavy (non-hydrogen) atoms. The highest BCUT2D eigenvalue weighted by molar-refractivity contribution is 6.09. The molecule has 1 saturated heterocycles. The van der Waals surface area contributed by atoms with Gasteiger partial charge in [-0.2, -0.15) is 0 Å². The molecule has 0 spiro atoms. The summed E-state index contributed by atoms with van der Waals surface area (Å²) in [5.41, 5.74) is 1.90. The number of imide groups is 1. The lowest BCUT2D eigenvalue weighted by molar-refractivity contribution is -0.142. The number of allylic oxidation sites excluding steroid dienone is 2. The number of hydrogen-bond donors (Lipinski definition) is 2. The van der Waals surface area contributed by atoms with Gasteiger partial charge in [0.1, 0.15) is 6.54 Å². The maximum absolute atomic E-state index is 12.4. The number of hydrogen-bond acceptors (Lipinski definition) is 4. The largest absolute Gasteiger partial charge is 0.326 e. The van der Waals surface area contributed by atoms with Crippen LogP contribution in [0, 0.1) is 18.8 Å². The minimum Gasteiger partial charge on any atom is -0.326 e. The van der Waals surface area contributed by atoms with Crippen LogP contribution in [0.2, 0.25) is 0 Å². The van der Waals surface area contributed by atoms with Gasteiger partial charge in [0.2, 0.25) is 23.6 Å². The maximum Gasteiger partial charge on any atom is 0.244 e. The molecular formula is C19H21N3O4. The lowest BCUT2D eigenvalue weighted by atomic mass is 9.85. The highest BCUT2D eigenvalue weighted by atomic mass is 16.2. The van der Waals surface area contributed by atoms with Crippen molar-refractivity contribution in [3.63, 3.8) is 0 Å². The zero-order valence-corrected chi connectivity index (χ0v) is 14.7. The van der Waals surface area contributed by atoms with Crippen LogP contribution in [0.3, 0.4) is 0 Å². The molecule has 0 saturated carbocycles. The van der Waals surface area contributed by atoms with Crippen LogP contribution in [0.15, 0.2) is 30.4 Å². The minimum absolute atomic E-state index is 0.212. The lowest BCUT2D eigenvalue weighted by Crippen LogP contribution is -2.38. The summed E-state index contributed by atoms with van der Waals surface area (Å²) in [6, 6.07) is 5.15. The van der Waals surface area contributed by atoms with Crippen molar-refractivity contribution in [1.29, 1.82) is 0 Å². The van der Waals surface area contributed by atoms with E-state index in [2.05, 4.69) is 10.6 Å². The van der Waals surface area contributed by atoms with E-state index >= 15 is 0 Å². The van der Waals surface area contributed by atoms with Gasteiger partial charge in [0.15, 0.2) is 0 Å². The van der Waals surface area contributed by atoms with E-state index in [1.807, 2.05) is 19.1 Å². The molecule has 1 aliphatic heterocycles. The normalized spacial score (nSPS) is 21.5. The van der Waals surface area contributed by atoms with Crippen molar-refractivity contribution in [2.75, 3.05) is 17.2 Å². The van der Waals surface area contributed by atoms with E-state index in [-0.39, 0.29) is 36.1 Å². The van der Waals surface area contributed by atoms with Crippen LogP contribution in [0.1, 0.15) is 25.3 Å². The third-order valence-electron chi connectivity index (χ3n) is 4.73. The molecule has 7 heteroatoms. The number of carbonyl (C=O) groups excluding carboxylic acids is 4. The van der Waals surface area contributed by atoms with E-state index in [0.29, 0.717) is 24.2 Å². The third-order valence-corrected chi connectivity index (χ3v) is 4.73. The van der Waals surface area contributed by atoms with E-state index < -0.39 is 5.91 Å². The van der Waals surface area contributed by atoms with Gasteiger partial charge in [-0.15, -0.1) is 0 Å². The summed E-state index contributed by atoms with van der Waals surface area (Å²) in [6.45, 7) is 2.92. The van der Waals surface area contributed by atoms with Crippen LogP contribution >= 0.6 is 0 Å². The fourth-order valence-electron chi connectivity index (χ4n) is 3.40. The Morgan fingerprint density at radius 3 is 2.27 bits per heavy atom. The summed E-state index contributed by atoms with van der Waals surface area (Å²) in [4.78, 5) is 49.5. The summed E-state index contributed by atoms with van der Waals surface area (Å²) in [6.07, 6.45) is 4.91. The van der Waals surface area contributed by atoms with Crippen molar-refractivity contribution in [2.24, 2.45) is 11.8 Å². The van der Waals surface area contributed by atoms with Crippen molar-refractivity contribution >= 4 is 35.0 Å². The second-order valence-electron chi connectivity index (χ2n) is 6.68. The third kappa shape index (κ3) is 3.51. The van der Waals surface area contributed by atoms with Crippen LogP contribution in [0.5, 0.6) is 0 Å². The average molecular weight is 355 g/mol. The molecule has 1 aromatic carbocycles. The first-order chi connectivity index (χ1) is 12.4. The molecule has 0 radical (unpaired) electrons. The first-order valence-corrected chi connectivity index (χ1v) is 8.55. The monoisotopic (exact) mass is 355 g/mol. The van der Waals surface area contributed by atoms with Crippen molar-refractivity contribution < 1.29 is 19.2 Å². The summed E-state index contributed by atoms with van der Waals surface area (Å²) in [5.74, 6) is -1.89. The Morgan fingerprint density at radius 2 is 1.69 bits per heavy atom. The molecule has 7 nitrogen and oxygen atoms in total. The molecule has 1 heterocycles. The quantitative estimate of drug-likeness (QED) is 0.636. The number of likely N-dealkylation sites (tertiary alicyclic amines) is 1. The molecule has 1 aromatic rings. The van der Waals surface area contributed by atoms with Crippen LogP contribution in [0.4, 0.5) is 11.4 Å². The van der Waals surface area contributed by atoms with Crippen LogP contribution in [-0.2, 0) is 19.2 Å². The Kier molecular flexibility index (Phi) is 4.88. The van der Waals surface area contributed by atoms with Crippen LogP contribution < -0.4 is 10.6 Å². The van der Waals surface area contributed by atoms with Gasteiger partial charge in [0, 0.05) is 18.3 Å². The number of rotatable bonds is 4. The van der Waals surface area contributed by atoms with E-state index in [1.165, 1.54) is 6.92 Å². The lowest BCUT2D eigenvalue weighted by Gasteiger charge is -2.16. The smallest absolute Gasteiger partial charge is 0.244 e. The fourth-order valence-corrected chi connectivity index (χ4v) is 3.40. The summed E-state index contributed by atoms with van der Waals surface area (Å²) < 4.78 is 0. The summed E-state index contributed by atoms with van der Waals surface area (Å²) in [7, 11) is 0. The summed E-state index contributed by atoms with van der Waals surface area (Å²) in [5, 5.41) is 5.37. The molecular weight excluding hydrogens is 334 g/mol. The van der Waals surface area contributed by atoms with Crippen molar-refractivity contribution in [2.45, 2.75) is 26.7 Å². The van der Waals surface area contributed by atoms with E-state index in [0.717, 1.165) is 10.5 Å². The minimum atomic E-state index is -0.443. The van der Waals surface area contributed by atoms with Crippen molar-refractivity contribution in [3.8, 4) is 0 Å². The number of nitrogens with one attached hydrogen (secondary N) is 2. The first kappa shape index (κ1) is 17.8. The van der Waals surface area contributed by atoms with Crippen molar-refractivity contribution in [3.05, 3.63) is 35.9 Å². The Balaban J connectivity index is 1.69. The first-order valence-electron chi connectivity index (χ1n) is 8.55. The van der Waals surface area contributed by atoms with E-state index in [4.69, 9.17) is 0 Å². The van der Waals surface area contributed by atoms with Gasteiger partial charge in [-0.3, -0.25) is 24.1 Å². The highest BCUT2D eigenvalue weighted by Crippen LogP contribution is 2.34. The van der Waals surface area contributed by atoms with Crippen LogP contribution in [0.25, 0.3) is 0 Å². The standard InChI is InChI=1S/C19H21N3O4/c1-11-7-8-13(20-12(2)23)9-16(11)21-17(24)10-22-18(25)14-5-3-4-6-15(14)19(22)26/h3-4,7-9,14-15H,5-6,10H2,1-2H3,(H,20,23)(H,21,24). The maximum atomic E-state index is 12.4. The van der Waals surface area contributed by atoms with Crippen LogP contribution in [-0.4, -0.2) is 35.1 Å². The summed E-state index contributed by atoms with van der Waals surface area (Å²) >= 11 is 0. The predicted molar refractivity (Wildman–Crippen MR) is 96.2 cm³/mol. The Hall–Kier alpha value is -2.96. The molecule has 2 N–H and O–H groups in total. The van der Waals surface area contributed by atoms with Gasteiger partial charge in [0.25, 0.3) is 0 Å². The number of amides is 4. The molecule has 136 valence electrons. The number of nitrogens with zero attached hydrogens (tertiary/aromatic N) is 1. The molecule has 0 aromatic heterocycles. The molecule has 1 aliphatic carbocycles. The van der Waals surface area contributed by atoms with Gasteiger partial charge in [-0.1, -0.05) is 18.2 Å². The number of benzene rings is 1. The molecule has 2 atom stereocenters. The zero-order valence-electron chi connectivity index (χ0n) is 14.7. The second-order valence-corrected chi connectivity index (χ2v) is 6.68. The molecule has 0 bridgehead atoms. The molecule has 1 fully saturated rings. The van der Waals surface area contributed by atoms with E-state index in [9.17, 15) is 19.2 Å². The highest BCUT2D eigenvalue weighted by Gasteiger charge is 2.47. The number of aryl methyl sites for hydroxylation is 1. The van der Waals surface area contributed by atoms with E-state index in [1.54, 1.807) is 18.2 Å². The average Bonchev–Trinajstić information content (AvgIpc) is 2.83. The zero-order chi connectivity index (χ0) is 18.8. The molecule has 4 amide bonds. The fraction of sp³-hybridized carbons (Fsp3) is 0.368. The molecule has 3 rings (SSSR count). The van der Waals surface area contributed by atoms with Gasteiger partial charge in [0.05, 0.1) is 11.8 Å². The topological polar surface area (TPSA) is 95.6 Å². The Labute approximate surface area is 151 Å².